The van der Waals surface area contributed by atoms with Crippen LogP contribution in [0, 0.1) is 0 Å². The number of aryl methyl sites for hydroxylation is 2. The number of hydrogen-bond acceptors (Lipinski definition) is 6. The predicted molar refractivity (Wildman–Crippen MR) is 81.4 cm³/mol. The topological polar surface area (TPSA) is 84.8 Å². The van der Waals surface area contributed by atoms with Crippen molar-refractivity contribution in [2.75, 3.05) is 4.72 Å². The molecule has 0 saturated heterocycles. The van der Waals surface area contributed by atoms with E-state index in [1.807, 2.05) is 13.8 Å². The minimum atomic E-state index is -3.66. The van der Waals surface area contributed by atoms with E-state index in [-0.39, 0.29) is 10.2 Å². The van der Waals surface area contributed by atoms with Gasteiger partial charge in [0.2, 0.25) is 0 Å². The molecular weight excluding hydrogens is 364 g/mol. The third kappa shape index (κ3) is 3.33. The van der Waals surface area contributed by atoms with Crippen molar-refractivity contribution in [3.8, 4) is 0 Å². The standard InChI is InChI=1S/C11H13BrN4O2S2/c1-3-7-8(4-2)14-15-11(13-7)16-20(17,18)10-6-5-9(12)19-10/h5-6H,3-4H2,1-2H3,(H,13,15,16). The highest BCUT2D eigenvalue weighted by atomic mass is 79.9. The molecule has 108 valence electrons. The Hall–Kier alpha value is -1.06. The van der Waals surface area contributed by atoms with Crippen molar-refractivity contribution in [3.63, 3.8) is 0 Å². The van der Waals surface area contributed by atoms with E-state index in [1.165, 1.54) is 6.07 Å². The molecule has 0 amide bonds. The lowest BCUT2D eigenvalue weighted by atomic mass is 10.2. The Morgan fingerprint density at radius 1 is 1.20 bits per heavy atom. The normalized spacial score (nSPS) is 11.6. The Morgan fingerprint density at radius 3 is 2.45 bits per heavy atom. The van der Waals surface area contributed by atoms with Crippen molar-refractivity contribution in [1.29, 1.82) is 0 Å². The van der Waals surface area contributed by atoms with Gasteiger partial charge in [0.1, 0.15) is 4.21 Å². The van der Waals surface area contributed by atoms with Gasteiger partial charge in [-0.25, -0.2) is 18.1 Å². The van der Waals surface area contributed by atoms with Gasteiger partial charge in [-0.1, -0.05) is 13.8 Å². The number of nitrogens with zero attached hydrogens (tertiary/aromatic N) is 3. The van der Waals surface area contributed by atoms with Gasteiger partial charge in [-0.15, -0.1) is 21.5 Å². The minimum Gasteiger partial charge on any atom is -0.245 e. The zero-order chi connectivity index (χ0) is 14.8. The molecule has 0 bridgehead atoms. The van der Waals surface area contributed by atoms with Crippen LogP contribution in [0.1, 0.15) is 25.2 Å². The average Bonchev–Trinajstić information content (AvgIpc) is 2.85. The van der Waals surface area contributed by atoms with Crippen molar-refractivity contribution in [1.82, 2.24) is 15.2 Å². The number of hydrogen-bond donors (Lipinski definition) is 1. The number of anilines is 1. The summed E-state index contributed by atoms with van der Waals surface area (Å²) in [5.41, 5.74) is 1.54. The largest absolute Gasteiger partial charge is 0.273 e. The van der Waals surface area contributed by atoms with E-state index in [9.17, 15) is 8.42 Å². The van der Waals surface area contributed by atoms with Crippen molar-refractivity contribution < 1.29 is 8.42 Å². The second-order valence-corrected chi connectivity index (χ2v) is 8.27. The average molecular weight is 377 g/mol. The van der Waals surface area contributed by atoms with Gasteiger partial charge in [0.25, 0.3) is 16.0 Å². The van der Waals surface area contributed by atoms with Gasteiger partial charge in [-0.2, -0.15) is 0 Å². The molecule has 2 aromatic rings. The van der Waals surface area contributed by atoms with Crippen molar-refractivity contribution in [3.05, 3.63) is 27.3 Å². The maximum absolute atomic E-state index is 12.1. The molecule has 0 spiro atoms. The fourth-order valence-corrected chi connectivity index (χ4v) is 4.54. The minimum absolute atomic E-state index is 0.00331. The van der Waals surface area contributed by atoms with Crippen molar-refractivity contribution in [2.45, 2.75) is 30.9 Å². The summed E-state index contributed by atoms with van der Waals surface area (Å²) in [4.78, 5) is 4.21. The molecule has 0 unspecified atom stereocenters. The fourth-order valence-electron chi connectivity index (χ4n) is 1.59. The first-order valence-corrected chi connectivity index (χ1v) is 9.06. The molecular formula is C11H13BrN4O2S2. The third-order valence-corrected chi connectivity index (χ3v) is 5.99. The smallest absolute Gasteiger partial charge is 0.245 e. The van der Waals surface area contributed by atoms with Crippen molar-refractivity contribution >= 4 is 43.2 Å². The van der Waals surface area contributed by atoms with Crippen LogP contribution in [0.15, 0.2) is 20.1 Å². The maximum Gasteiger partial charge on any atom is 0.273 e. The van der Waals surface area contributed by atoms with E-state index >= 15 is 0 Å². The lowest BCUT2D eigenvalue weighted by Crippen LogP contribution is -2.16. The molecule has 0 radical (unpaired) electrons. The number of sulfonamides is 1. The van der Waals surface area contributed by atoms with Crippen LogP contribution < -0.4 is 4.72 Å². The lowest BCUT2D eigenvalue weighted by Gasteiger charge is -2.07. The van der Waals surface area contributed by atoms with Crippen LogP contribution in [-0.2, 0) is 22.9 Å². The van der Waals surface area contributed by atoms with Gasteiger partial charge in [0, 0.05) is 0 Å². The van der Waals surface area contributed by atoms with Gasteiger partial charge in [0.15, 0.2) is 0 Å². The number of halogens is 1. The van der Waals surface area contributed by atoms with Gasteiger partial charge in [-0.3, -0.25) is 0 Å². The van der Waals surface area contributed by atoms with Crippen LogP contribution in [0.2, 0.25) is 0 Å². The lowest BCUT2D eigenvalue weighted by molar-refractivity contribution is 0.602. The Kier molecular flexibility index (Phi) is 4.71. The molecule has 9 heteroatoms. The second-order valence-electron chi connectivity index (χ2n) is 3.90. The number of rotatable bonds is 5. The van der Waals surface area contributed by atoms with E-state index in [1.54, 1.807) is 6.07 Å². The van der Waals surface area contributed by atoms with Crippen LogP contribution in [0.3, 0.4) is 0 Å². The first-order chi connectivity index (χ1) is 9.46. The van der Waals surface area contributed by atoms with Crippen LogP contribution in [0.5, 0.6) is 0 Å². The quantitative estimate of drug-likeness (QED) is 0.866. The Labute approximate surface area is 129 Å². The molecule has 2 rings (SSSR count). The summed E-state index contributed by atoms with van der Waals surface area (Å²) in [5, 5.41) is 7.82. The molecule has 0 saturated carbocycles. The third-order valence-electron chi connectivity index (χ3n) is 2.55. The summed E-state index contributed by atoms with van der Waals surface area (Å²) in [6.45, 7) is 3.90. The Bertz CT molecular complexity index is 715. The van der Waals surface area contributed by atoms with E-state index in [0.717, 1.165) is 26.5 Å². The summed E-state index contributed by atoms with van der Waals surface area (Å²) in [6, 6.07) is 3.20. The molecule has 0 aliphatic heterocycles. The Balaban J connectivity index is 2.30. The molecule has 1 N–H and O–H groups in total. The molecule has 2 aromatic heterocycles. The molecule has 0 fully saturated rings. The highest BCUT2D eigenvalue weighted by Crippen LogP contribution is 2.27. The summed E-state index contributed by atoms with van der Waals surface area (Å²) < 4.78 is 27.6. The number of nitrogens with one attached hydrogen (secondary N) is 1. The van der Waals surface area contributed by atoms with Crippen LogP contribution >= 0.6 is 27.3 Å². The van der Waals surface area contributed by atoms with E-state index < -0.39 is 10.0 Å². The molecule has 0 aliphatic carbocycles. The first-order valence-electron chi connectivity index (χ1n) is 5.97. The maximum atomic E-state index is 12.1. The molecule has 0 aliphatic rings. The first kappa shape index (κ1) is 15.3. The van der Waals surface area contributed by atoms with Crippen LogP contribution in [-0.4, -0.2) is 23.6 Å². The summed E-state index contributed by atoms with van der Waals surface area (Å²) in [7, 11) is -3.66. The molecule has 2 heterocycles. The zero-order valence-electron chi connectivity index (χ0n) is 10.9. The summed E-state index contributed by atoms with van der Waals surface area (Å²) in [6.07, 6.45) is 1.39. The molecule has 6 nitrogen and oxygen atoms in total. The van der Waals surface area contributed by atoms with Gasteiger partial charge in [-0.05, 0) is 40.9 Å². The highest BCUT2D eigenvalue weighted by Gasteiger charge is 2.19. The van der Waals surface area contributed by atoms with Crippen molar-refractivity contribution in [2.24, 2.45) is 0 Å². The van der Waals surface area contributed by atoms with Crippen LogP contribution in [0.4, 0.5) is 5.95 Å². The SMILES string of the molecule is CCc1nnc(NS(=O)(=O)c2ccc(Br)s2)nc1CC. The summed E-state index contributed by atoms with van der Waals surface area (Å²) in [5.74, 6) is 0.00331. The number of aromatic nitrogens is 3. The Morgan fingerprint density at radius 2 is 1.90 bits per heavy atom. The van der Waals surface area contributed by atoms with Gasteiger partial charge >= 0.3 is 0 Å². The van der Waals surface area contributed by atoms with Crippen LogP contribution in [0.25, 0.3) is 0 Å². The van der Waals surface area contributed by atoms with E-state index in [4.69, 9.17) is 0 Å². The molecule has 20 heavy (non-hydrogen) atoms. The van der Waals surface area contributed by atoms with Gasteiger partial charge < -0.3 is 0 Å². The number of thiophene rings is 1. The van der Waals surface area contributed by atoms with E-state index in [2.05, 4.69) is 35.8 Å². The van der Waals surface area contributed by atoms with E-state index in [0.29, 0.717) is 12.8 Å². The second kappa shape index (κ2) is 6.15. The molecule has 0 atom stereocenters. The highest BCUT2D eigenvalue weighted by molar-refractivity contribution is 9.11. The monoisotopic (exact) mass is 376 g/mol. The summed E-state index contributed by atoms with van der Waals surface area (Å²) >= 11 is 4.36. The fraction of sp³-hybridized carbons (Fsp3) is 0.364. The van der Waals surface area contributed by atoms with Gasteiger partial charge in [0.05, 0.1) is 15.2 Å². The predicted octanol–water partition coefficient (Wildman–Crippen LogP) is 2.62. The zero-order valence-corrected chi connectivity index (χ0v) is 14.1. The molecule has 0 aromatic carbocycles.